The number of halogens is 4. The first kappa shape index (κ1) is 24.6. The summed E-state index contributed by atoms with van der Waals surface area (Å²) in [6, 6.07) is 14.0. The first-order valence-corrected chi connectivity index (χ1v) is 11.2. The summed E-state index contributed by atoms with van der Waals surface area (Å²) in [7, 11) is -4.04. The Hall–Kier alpha value is -3.08. The number of rotatable bonds is 8. The largest absolute Gasteiger partial charge is 0.481 e. The van der Waals surface area contributed by atoms with Crippen LogP contribution in [-0.4, -0.2) is 19.5 Å². The Balaban J connectivity index is 1.90. The summed E-state index contributed by atoms with van der Waals surface area (Å²) in [5, 5.41) is 9.26. The topological polar surface area (TPSA) is 92.7 Å². The van der Waals surface area contributed by atoms with E-state index in [0.717, 1.165) is 18.2 Å². The molecule has 0 saturated heterocycles. The van der Waals surface area contributed by atoms with Crippen LogP contribution in [0.2, 0.25) is 5.02 Å². The molecular formula is C22H17ClF3NO5S. The van der Waals surface area contributed by atoms with Crippen LogP contribution in [0, 0.1) is 0 Å². The molecule has 0 bridgehead atoms. The monoisotopic (exact) mass is 499 g/mol. The molecule has 3 rings (SSSR count). The van der Waals surface area contributed by atoms with Crippen molar-refractivity contribution in [3.05, 3.63) is 88.4 Å². The highest BCUT2D eigenvalue weighted by atomic mass is 35.5. The SMILES string of the molecule is O=C(O)Cc1cccc(Oc2ccc(C(F)(F)F)cc2CNS(=O)(=O)c2ccc(Cl)cc2)c1. The van der Waals surface area contributed by atoms with Crippen LogP contribution in [0.25, 0.3) is 0 Å². The Labute approximate surface area is 192 Å². The lowest BCUT2D eigenvalue weighted by Gasteiger charge is -2.15. The first-order valence-electron chi connectivity index (χ1n) is 9.38. The quantitative estimate of drug-likeness (QED) is 0.441. The van der Waals surface area contributed by atoms with Gasteiger partial charge in [0.1, 0.15) is 11.5 Å². The average Bonchev–Trinajstić information content (AvgIpc) is 2.72. The molecule has 0 heterocycles. The summed E-state index contributed by atoms with van der Waals surface area (Å²) in [4.78, 5) is 10.8. The Morgan fingerprint density at radius 1 is 1.03 bits per heavy atom. The number of carboxylic acid groups (broad SMARTS) is 1. The van der Waals surface area contributed by atoms with Crippen molar-refractivity contribution >= 4 is 27.6 Å². The number of benzene rings is 3. The second-order valence-corrected chi connectivity index (χ2v) is 9.12. The Morgan fingerprint density at radius 2 is 1.73 bits per heavy atom. The third-order valence-electron chi connectivity index (χ3n) is 4.45. The maximum atomic E-state index is 13.2. The van der Waals surface area contributed by atoms with Crippen molar-refractivity contribution in [3.8, 4) is 11.5 Å². The highest BCUT2D eigenvalue weighted by molar-refractivity contribution is 7.89. The smallest absolute Gasteiger partial charge is 0.416 e. The number of ether oxygens (including phenoxy) is 1. The summed E-state index contributed by atoms with van der Waals surface area (Å²) in [5.41, 5.74) is -0.613. The lowest BCUT2D eigenvalue weighted by atomic mass is 10.1. The minimum Gasteiger partial charge on any atom is -0.481 e. The van der Waals surface area contributed by atoms with Gasteiger partial charge in [0.15, 0.2) is 0 Å². The van der Waals surface area contributed by atoms with Gasteiger partial charge in [-0.3, -0.25) is 4.79 Å². The predicted octanol–water partition coefficient (Wildman–Crippen LogP) is 5.26. The second-order valence-electron chi connectivity index (χ2n) is 6.92. The Kier molecular flexibility index (Phi) is 7.31. The molecule has 0 aliphatic heterocycles. The van der Waals surface area contributed by atoms with E-state index in [4.69, 9.17) is 21.4 Å². The van der Waals surface area contributed by atoms with Gasteiger partial charge in [-0.05, 0) is 60.2 Å². The molecule has 3 aromatic rings. The highest BCUT2D eigenvalue weighted by Gasteiger charge is 2.31. The maximum Gasteiger partial charge on any atom is 0.416 e. The summed E-state index contributed by atoms with van der Waals surface area (Å²) in [6.45, 7) is -0.487. The molecule has 33 heavy (non-hydrogen) atoms. The molecule has 11 heteroatoms. The van der Waals surface area contributed by atoms with Crippen LogP contribution in [0.15, 0.2) is 71.6 Å². The van der Waals surface area contributed by atoms with Gasteiger partial charge in [-0.25, -0.2) is 13.1 Å². The van der Waals surface area contributed by atoms with Crippen LogP contribution in [0.1, 0.15) is 16.7 Å². The van der Waals surface area contributed by atoms with Crippen LogP contribution < -0.4 is 9.46 Å². The van der Waals surface area contributed by atoms with Gasteiger partial charge in [0.25, 0.3) is 0 Å². The summed E-state index contributed by atoms with van der Waals surface area (Å²) in [5.74, 6) is -0.886. The fourth-order valence-corrected chi connectivity index (χ4v) is 4.02. The second kappa shape index (κ2) is 9.82. The van der Waals surface area contributed by atoms with Crippen LogP contribution in [-0.2, 0) is 34.0 Å². The van der Waals surface area contributed by atoms with Gasteiger partial charge in [-0.1, -0.05) is 23.7 Å². The normalized spacial score (nSPS) is 11.9. The van der Waals surface area contributed by atoms with E-state index in [1.54, 1.807) is 12.1 Å². The van der Waals surface area contributed by atoms with E-state index in [1.807, 2.05) is 0 Å². The molecule has 2 N–H and O–H groups in total. The van der Waals surface area contributed by atoms with E-state index in [9.17, 15) is 26.4 Å². The van der Waals surface area contributed by atoms with Crippen molar-refractivity contribution in [2.24, 2.45) is 0 Å². The van der Waals surface area contributed by atoms with E-state index >= 15 is 0 Å². The van der Waals surface area contributed by atoms with Gasteiger partial charge in [0, 0.05) is 17.1 Å². The molecule has 0 fully saturated rings. The van der Waals surface area contributed by atoms with Crippen molar-refractivity contribution in [1.82, 2.24) is 4.72 Å². The van der Waals surface area contributed by atoms with Crippen molar-refractivity contribution < 1.29 is 36.2 Å². The predicted molar refractivity (Wildman–Crippen MR) is 115 cm³/mol. The lowest BCUT2D eigenvalue weighted by molar-refractivity contribution is -0.138. The number of carboxylic acids is 1. The van der Waals surface area contributed by atoms with Crippen LogP contribution >= 0.6 is 11.6 Å². The van der Waals surface area contributed by atoms with E-state index in [1.165, 1.54) is 36.4 Å². The molecule has 6 nitrogen and oxygen atoms in total. The highest BCUT2D eigenvalue weighted by Crippen LogP contribution is 2.34. The zero-order valence-electron chi connectivity index (χ0n) is 16.8. The van der Waals surface area contributed by atoms with Gasteiger partial charge in [-0.2, -0.15) is 13.2 Å². The third kappa shape index (κ3) is 6.70. The first-order chi connectivity index (χ1) is 15.4. The zero-order chi connectivity index (χ0) is 24.2. The van der Waals surface area contributed by atoms with Crippen molar-refractivity contribution in [2.45, 2.75) is 24.0 Å². The Bertz CT molecular complexity index is 1260. The van der Waals surface area contributed by atoms with Crippen LogP contribution in [0.4, 0.5) is 13.2 Å². The van der Waals surface area contributed by atoms with E-state index in [-0.39, 0.29) is 28.4 Å². The van der Waals surface area contributed by atoms with Crippen molar-refractivity contribution in [1.29, 1.82) is 0 Å². The molecule has 0 saturated carbocycles. The fraction of sp³-hybridized carbons (Fsp3) is 0.136. The number of hydrogen-bond acceptors (Lipinski definition) is 4. The van der Waals surface area contributed by atoms with Crippen LogP contribution in [0.3, 0.4) is 0 Å². The number of carbonyl (C=O) groups is 1. The molecule has 174 valence electrons. The minimum absolute atomic E-state index is 0.0192. The molecule has 3 aromatic carbocycles. The van der Waals surface area contributed by atoms with Gasteiger partial charge in [0.2, 0.25) is 10.0 Å². The minimum atomic E-state index is -4.65. The lowest BCUT2D eigenvalue weighted by Crippen LogP contribution is -2.23. The number of nitrogens with one attached hydrogen (secondary N) is 1. The molecule has 0 unspecified atom stereocenters. The van der Waals surface area contributed by atoms with Gasteiger partial charge in [0.05, 0.1) is 16.9 Å². The third-order valence-corrected chi connectivity index (χ3v) is 6.12. The van der Waals surface area contributed by atoms with Gasteiger partial charge >= 0.3 is 12.1 Å². The number of aliphatic carboxylic acids is 1. The molecule has 0 amide bonds. The number of hydrogen-bond donors (Lipinski definition) is 2. The average molecular weight is 500 g/mol. The van der Waals surface area contributed by atoms with Crippen molar-refractivity contribution in [3.63, 3.8) is 0 Å². The van der Waals surface area contributed by atoms with E-state index < -0.39 is 34.3 Å². The summed E-state index contributed by atoms with van der Waals surface area (Å²) in [6.07, 6.45) is -4.91. The van der Waals surface area contributed by atoms with Gasteiger partial charge in [-0.15, -0.1) is 0 Å². The summed E-state index contributed by atoms with van der Waals surface area (Å²) >= 11 is 5.76. The zero-order valence-corrected chi connectivity index (χ0v) is 18.3. The van der Waals surface area contributed by atoms with E-state index in [2.05, 4.69) is 4.72 Å². The molecular weight excluding hydrogens is 483 g/mol. The Morgan fingerprint density at radius 3 is 2.36 bits per heavy atom. The van der Waals surface area contributed by atoms with Gasteiger partial charge < -0.3 is 9.84 Å². The molecule has 0 aliphatic rings. The molecule has 0 aliphatic carbocycles. The van der Waals surface area contributed by atoms with E-state index in [0.29, 0.717) is 10.6 Å². The summed E-state index contributed by atoms with van der Waals surface area (Å²) < 4.78 is 72.7. The molecule has 0 aromatic heterocycles. The fourth-order valence-electron chi connectivity index (χ4n) is 2.88. The van der Waals surface area contributed by atoms with Crippen molar-refractivity contribution in [2.75, 3.05) is 0 Å². The maximum absolute atomic E-state index is 13.2. The standard InChI is InChI=1S/C22H17ClF3NO5S/c23-17-5-7-19(8-6-17)33(30,31)27-13-15-12-16(22(24,25)26)4-9-20(15)32-18-3-1-2-14(10-18)11-21(28)29/h1-10,12,27H,11,13H2,(H,28,29). The number of alkyl halides is 3. The molecule has 0 spiro atoms. The molecule has 0 atom stereocenters. The molecule has 0 radical (unpaired) electrons. The number of sulfonamides is 1. The van der Waals surface area contributed by atoms with Crippen LogP contribution in [0.5, 0.6) is 11.5 Å².